The van der Waals surface area contributed by atoms with Crippen LogP contribution in [0, 0.1) is 0 Å². The van der Waals surface area contributed by atoms with Gasteiger partial charge in [-0.15, -0.1) is 0 Å². The Morgan fingerprint density at radius 1 is 0.328 bits per heavy atom. The maximum atomic E-state index is 5.62. The molecule has 4 heteroatoms. The summed E-state index contributed by atoms with van der Waals surface area (Å²) in [6.07, 6.45) is 0. The topological polar surface area (TPSA) is 35.1 Å². The molecule has 0 N–H and O–H groups in total. The minimum atomic E-state index is 0.652. The lowest BCUT2D eigenvalue weighted by Crippen LogP contribution is -2.04. The molecule has 0 aliphatic rings. The van der Waals surface area contributed by atoms with E-state index in [2.05, 4.69) is 203 Å². The molecule has 0 amide bonds. The molecule has 268 valence electrons. The zero-order valence-corrected chi connectivity index (χ0v) is 31.3. The molecular formula is C54H32N4. The van der Waals surface area contributed by atoms with E-state index in [4.69, 9.17) is 9.97 Å². The molecule has 4 aromatic heterocycles. The van der Waals surface area contributed by atoms with Crippen LogP contribution in [0.25, 0.3) is 121 Å². The first-order valence-electron chi connectivity index (χ1n) is 19.8. The largest absolute Gasteiger partial charge is 0.308 e. The monoisotopic (exact) mass is 736 g/mol. The number of para-hydroxylation sites is 2. The Morgan fingerprint density at radius 2 is 0.879 bits per heavy atom. The van der Waals surface area contributed by atoms with Crippen LogP contribution in [0.4, 0.5) is 0 Å². The summed E-state index contributed by atoms with van der Waals surface area (Å²) in [6, 6.07) is 70.0. The Hall–Kier alpha value is -7.82. The van der Waals surface area contributed by atoms with E-state index in [0.29, 0.717) is 5.95 Å². The molecular weight excluding hydrogens is 705 g/mol. The van der Waals surface area contributed by atoms with Crippen molar-refractivity contribution in [2.45, 2.75) is 0 Å². The highest BCUT2D eigenvalue weighted by Crippen LogP contribution is 2.45. The SMILES string of the molecule is c1ccc(-c2ccccc2-c2cc3c(-c4ccccc4)nc(-n4c5cccc6c7cccc8c9ccccc9n(c9cccc4c9c65)c78)nc3c3ccccc23)cc1. The first kappa shape index (κ1) is 31.4. The molecule has 13 rings (SSSR count). The zero-order valence-electron chi connectivity index (χ0n) is 31.3. The summed E-state index contributed by atoms with van der Waals surface area (Å²) in [4.78, 5) is 11.2. The second-order valence-corrected chi connectivity index (χ2v) is 15.3. The van der Waals surface area contributed by atoms with Crippen LogP contribution in [0.1, 0.15) is 0 Å². The number of hydrogen-bond acceptors (Lipinski definition) is 2. The van der Waals surface area contributed by atoms with Crippen molar-refractivity contribution in [3.63, 3.8) is 0 Å². The van der Waals surface area contributed by atoms with Gasteiger partial charge in [0.1, 0.15) is 0 Å². The van der Waals surface area contributed by atoms with Crippen molar-refractivity contribution in [3.05, 3.63) is 194 Å². The lowest BCUT2D eigenvalue weighted by atomic mass is 9.89. The van der Waals surface area contributed by atoms with Gasteiger partial charge in [0.15, 0.2) is 0 Å². The van der Waals surface area contributed by atoms with Crippen LogP contribution >= 0.6 is 0 Å². The molecule has 58 heavy (non-hydrogen) atoms. The molecule has 0 saturated carbocycles. The van der Waals surface area contributed by atoms with Crippen molar-refractivity contribution >= 4 is 81.6 Å². The highest BCUT2D eigenvalue weighted by molar-refractivity contribution is 6.31. The van der Waals surface area contributed by atoms with Crippen molar-refractivity contribution in [1.29, 1.82) is 0 Å². The lowest BCUT2D eigenvalue weighted by molar-refractivity contribution is 1.02. The molecule has 0 spiro atoms. The number of benzene rings is 9. The number of rotatable bonds is 4. The predicted octanol–water partition coefficient (Wildman–Crippen LogP) is 14.0. The summed E-state index contributed by atoms with van der Waals surface area (Å²) in [5.41, 5.74) is 13.4. The Kier molecular flexibility index (Phi) is 6.41. The number of nitrogens with zero attached hydrogens (tertiary/aromatic N) is 4. The number of aromatic nitrogens is 4. The number of hydrogen-bond donors (Lipinski definition) is 0. The van der Waals surface area contributed by atoms with E-state index in [1.165, 1.54) is 65.6 Å². The van der Waals surface area contributed by atoms with Gasteiger partial charge in [-0.1, -0.05) is 164 Å². The fourth-order valence-electron chi connectivity index (χ4n) is 9.87. The maximum absolute atomic E-state index is 5.62. The Bertz CT molecular complexity index is 3780. The molecule has 13 aromatic rings. The van der Waals surface area contributed by atoms with E-state index in [0.717, 1.165) is 49.5 Å². The van der Waals surface area contributed by atoms with Gasteiger partial charge in [-0.2, -0.15) is 0 Å². The summed E-state index contributed by atoms with van der Waals surface area (Å²) in [6.45, 7) is 0. The van der Waals surface area contributed by atoms with Crippen molar-refractivity contribution in [2.75, 3.05) is 0 Å². The van der Waals surface area contributed by atoms with E-state index >= 15 is 0 Å². The number of fused-ring (bicyclic) bond motifs is 8. The van der Waals surface area contributed by atoms with Gasteiger partial charge in [0, 0.05) is 43.3 Å². The molecule has 0 atom stereocenters. The second kappa shape index (κ2) is 11.8. The molecule has 4 nitrogen and oxygen atoms in total. The molecule has 9 aromatic carbocycles. The molecule has 4 heterocycles. The quantitative estimate of drug-likeness (QED) is 0.169. The molecule has 0 saturated heterocycles. The summed E-state index contributed by atoms with van der Waals surface area (Å²) in [7, 11) is 0. The van der Waals surface area contributed by atoms with Crippen molar-refractivity contribution < 1.29 is 0 Å². The first-order chi connectivity index (χ1) is 28.8. The van der Waals surface area contributed by atoms with E-state index in [1.807, 2.05) is 0 Å². The van der Waals surface area contributed by atoms with Crippen LogP contribution in [-0.2, 0) is 0 Å². The molecule has 0 unspecified atom stereocenters. The van der Waals surface area contributed by atoms with Crippen LogP contribution in [0.5, 0.6) is 0 Å². The third-order valence-electron chi connectivity index (χ3n) is 12.3. The zero-order chi connectivity index (χ0) is 37.9. The third-order valence-corrected chi connectivity index (χ3v) is 12.3. The predicted molar refractivity (Wildman–Crippen MR) is 242 cm³/mol. The van der Waals surface area contributed by atoms with Gasteiger partial charge in [0.25, 0.3) is 0 Å². The van der Waals surface area contributed by atoms with Gasteiger partial charge in [-0.25, -0.2) is 9.97 Å². The first-order valence-corrected chi connectivity index (χ1v) is 19.8. The molecule has 0 radical (unpaired) electrons. The van der Waals surface area contributed by atoms with E-state index < -0.39 is 0 Å². The smallest absolute Gasteiger partial charge is 0.235 e. The average Bonchev–Trinajstić information content (AvgIpc) is 3.78. The van der Waals surface area contributed by atoms with Crippen LogP contribution in [0.2, 0.25) is 0 Å². The molecule has 0 fully saturated rings. The van der Waals surface area contributed by atoms with Crippen LogP contribution in [0.15, 0.2) is 194 Å². The van der Waals surface area contributed by atoms with Gasteiger partial charge in [0.05, 0.1) is 38.8 Å². The summed E-state index contributed by atoms with van der Waals surface area (Å²) in [5, 5.41) is 10.7. The van der Waals surface area contributed by atoms with Gasteiger partial charge in [0.2, 0.25) is 5.95 Å². The average molecular weight is 737 g/mol. The lowest BCUT2D eigenvalue weighted by Gasteiger charge is -2.17. The van der Waals surface area contributed by atoms with Gasteiger partial charge in [-0.3, -0.25) is 4.57 Å². The van der Waals surface area contributed by atoms with Crippen LogP contribution in [0.3, 0.4) is 0 Å². The van der Waals surface area contributed by atoms with Crippen molar-refractivity contribution in [3.8, 4) is 39.5 Å². The minimum Gasteiger partial charge on any atom is -0.308 e. The standard InChI is InChI=1S/C54H32N4/c1-3-16-33(17-4-1)35-20-7-8-21-36(35)43-32-44-51(34-18-5-2-6-19-34)55-54(56-52(44)40-24-10-9-22-37(40)43)58-46-29-14-25-39-42-27-13-26-41-38-23-11-12-28-45(38)57(53(41)42)47-30-15-31-48(58)50(47)49(39)46/h1-32H. The summed E-state index contributed by atoms with van der Waals surface area (Å²) in [5.74, 6) is 0.652. The molecule has 0 aliphatic heterocycles. The highest BCUT2D eigenvalue weighted by atomic mass is 15.2. The second-order valence-electron chi connectivity index (χ2n) is 15.3. The van der Waals surface area contributed by atoms with E-state index in [9.17, 15) is 0 Å². The molecule has 0 aliphatic carbocycles. The van der Waals surface area contributed by atoms with Gasteiger partial charge >= 0.3 is 0 Å². The fraction of sp³-hybridized carbons (Fsp3) is 0. The van der Waals surface area contributed by atoms with Crippen molar-refractivity contribution in [2.24, 2.45) is 0 Å². The Morgan fingerprint density at radius 3 is 1.69 bits per heavy atom. The van der Waals surface area contributed by atoms with E-state index in [-0.39, 0.29) is 0 Å². The van der Waals surface area contributed by atoms with Crippen LogP contribution < -0.4 is 0 Å². The Balaban J connectivity index is 1.18. The normalized spacial score (nSPS) is 12.1. The van der Waals surface area contributed by atoms with Crippen molar-refractivity contribution in [1.82, 2.24) is 18.9 Å². The highest BCUT2D eigenvalue weighted by Gasteiger charge is 2.24. The van der Waals surface area contributed by atoms with Gasteiger partial charge < -0.3 is 4.40 Å². The third kappa shape index (κ3) is 4.23. The van der Waals surface area contributed by atoms with E-state index in [1.54, 1.807) is 0 Å². The van der Waals surface area contributed by atoms with Crippen LogP contribution in [-0.4, -0.2) is 18.9 Å². The van der Waals surface area contributed by atoms with Gasteiger partial charge in [-0.05, 0) is 63.4 Å². The summed E-state index contributed by atoms with van der Waals surface area (Å²) >= 11 is 0. The molecule has 0 bridgehead atoms. The minimum absolute atomic E-state index is 0.652. The summed E-state index contributed by atoms with van der Waals surface area (Å²) < 4.78 is 4.78. The maximum Gasteiger partial charge on any atom is 0.235 e. The Labute approximate surface area is 332 Å². The fourth-order valence-corrected chi connectivity index (χ4v) is 9.87.